The number of anilines is 1. The van der Waals surface area contributed by atoms with E-state index in [1.54, 1.807) is 7.11 Å². The molecule has 1 aromatic carbocycles. The number of nitriles is 1. The van der Waals surface area contributed by atoms with Crippen molar-refractivity contribution in [2.45, 2.75) is 32.7 Å². The summed E-state index contributed by atoms with van der Waals surface area (Å²) >= 11 is 0. The number of rotatable bonds is 5. The largest absolute Gasteiger partial charge is 0.497 e. The molecule has 0 aliphatic heterocycles. The highest BCUT2D eigenvalue weighted by atomic mass is 16.5. The number of methoxy groups -OCH3 is 1. The van der Waals surface area contributed by atoms with Crippen molar-refractivity contribution in [3.05, 3.63) is 24.3 Å². The smallest absolute Gasteiger partial charge is 0.127 e. The Morgan fingerprint density at radius 3 is 2.65 bits per heavy atom. The highest BCUT2D eigenvalue weighted by molar-refractivity contribution is 5.51. The molecule has 0 saturated carbocycles. The van der Waals surface area contributed by atoms with Crippen LogP contribution < -0.4 is 10.1 Å². The van der Waals surface area contributed by atoms with Gasteiger partial charge in [0, 0.05) is 11.8 Å². The van der Waals surface area contributed by atoms with Gasteiger partial charge in [0.15, 0.2) is 0 Å². The molecule has 0 bridgehead atoms. The van der Waals surface area contributed by atoms with Gasteiger partial charge < -0.3 is 10.1 Å². The molecule has 3 nitrogen and oxygen atoms in total. The molecular formula is C14H20N2O. The number of nitrogens with one attached hydrogen (secondary N) is 1. The van der Waals surface area contributed by atoms with Gasteiger partial charge in [0.05, 0.1) is 13.2 Å². The van der Waals surface area contributed by atoms with Crippen LogP contribution in [0.2, 0.25) is 0 Å². The van der Waals surface area contributed by atoms with Crippen LogP contribution in [0.25, 0.3) is 0 Å². The van der Waals surface area contributed by atoms with Gasteiger partial charge in [-0.25, -0.2) is 0 Å². The fourth-order valence-electron chi connectivity index (χ4n) is 1.84. The molecule has 0 amide bonds. The van der Waals surface area contributed by atoms with E-state index in [0.29, 0.717) is 0 Å². The summed E-state index contributed by atoms with van der Waals surface area (Å²) in [6.45, 7) is 6.14. The molecule has 0 aliphatic carbocycles. The molecule has 1 atom stereocenters. The van der Waals surface area contributed by atoms with Crippen molar-refractivity contribution in [3.8, 4) is 11.8 Å². The van der Waals surface area contributed by atoms with E-state index in [1.165, 1.54) is 0 Å². The quantitative estimate of drug-likeness (QED) is 0.845. The van der Waals surface area contributed by atoms with Gasteiger partial charge in [-0.3, -0.25) is 0 Å². The van der Waals surface area contributed by atoms with Gasteiger partial charge in [-0.2, -0.15) is 5.26 Å². The predicted molar refractivity (Wildman–Crippen MR) is 70.1 cm³/mol. The molecule has 3 heteroatoms. The van der Waals surface area contributed by atoms with E-state index < -0.39 is 5.54 Å². The first-order valence-electron chi connectivity index (χ1n) is 5.91. The molecule has 0 saturated heterocycles. The monoisotopic (exact) mass is 232 g/mol. The van der Waals surface area contributed by atoms with Crippen molar-refractivity contribution in [2.24, 2.45) is 5.92 Å². The zero-order valence-corrected chi connectivity index (χ0v) is 10.9. The first-order chi connectivity index (χ1) is 8.07. The molecule has 1 N–H and O–H groups in total. The molecule has 0 aromatic heterocycles. The molecule has 0 fully saturated rings. The van der Waals surface area contributed by atoms with Crippen molar-refractivity contribution in [3.63, 3.8) is 0 Å². The van der Waals surface area contributed by atoms with Crippen molar-refractivity contribution >= 4 is 5.69 Å². The zero-order chi connectivity index (χ0) is 12.9. The lowest BCUT2D eigenvalue weighted by molar-refractivity contribution is 0.410. The zero-order valence-electron chi connectivity index (χ0n) is 10.9. The van der Waals surface area contributed by atoms with Crippen LogP contribution in [0.1, 0.15) is 27.2 Å². The summed E-state index contributed by atoms with van der Waals surface area (Å²) in [4.78, 5) is 0. The van der Waals surface area contributed by atoms with Gasteiger partial charge >= 0.3 is 0 Å². The minimum Gasteiger partial charge on any atom is -0.497 e. The third-order valence-electron chi connectivity index (χ3n) is 3.18. The highest BCUT2D eigenvalue weighted by Gasteiger charge is 2.31. The average Bonchev–Trinajstić information content (AvgIpc) is 2.36. The molecule has 0 heterocycles. The summed E-state index contributed by atoms with van der Waals surface area (Å²) in [7, 11) is 1.64. The molecule has 1 aromatic rings. The second kappa shape index (κ2) is 5.58. The summed E-state index contributed by atoms with van der Waals surface area (Å²) < 4.78 is 5.17. The second-order valence-electron chi connectivity index (χ2n) is 4.45. The minimum atomic E-state index is -0.521. The van der Waals surface area contributed by atoms with Crippen LogP contribution in [0, 0.1) is 17.2 Å². The van der Waals surface area contributed by atoms with Crippen LogP contribution in [-0.2, 0) is 0 Å². The SMILES string of the molecule is CCC(C#N)(Nc1cccc(OC)c1)C(C)C. The third kappa shape index (κ3) is 2.91. The predicted octanol–water partition coefficient (Wildman–Crippen LogP) is 3.44. The summed E-state index contributed by atoms with van der Waals surface area (Å²) in [6, 6.07) is 10.1. The molecule has 0 radical (unpaired) electrons. The Morgan fingerprint density at radius 2 is 2.18 bits per heavy atom. The first-order valence-corrected chi connectivity index (χ1v) is 5.91. The van der Waals surface area contributed by atoms with E-state index >= 15 is 0 Å². The van der Waals surface area contributed by atoms with E-state index in [9.17, 15) is 5.26 Å². The summed E-state index contributed by atoms with van der Waals surface area (Å²) in [5.41, 5.74) is 0.397. The highest BCUT2D eigenvalue weighted by Crippen LogP contribution is 2.27. The summed E-state index contributed by atoms with van der Waals surface area (Å²) in [6.07, 6.45) is 0.762. The van der Waals surface area contributed by atoms with E-state index in [4.69, 9.17) is 4.74 Å². The Balaban J connectivity index is 2.98. The lowest BCUT2D eigenvalue weighted by Crippen LogP contribution is -2.41. The molecule has 1 unspecified atom stereocenters. The standard InChI is InChI=1S/C14H20N2O/c1-5-14(10-15,11(2)3)16-12-7-6-8-13(9-12)17-4/h6-9,11,16H,5H2,1-4H3. The maximum Gasteiger partial charge on any atom is 0.127 e. The van der Waals surface area contributed by atoms with E-state index in [-0.39, 0.29) is 5.92 Å². The summed E-state index contributed by atoms with van der Waals surface area (Å²) in [5, 5.41) is 12.7. The normalized spacial score (nSPS) is 13.9. The van der Waals surface area contributed by atoms with Gasteiger partial charge in [-0.15, -0.1) is 0 Å². The molecule has 92 valence electrons. The fourth-order valence-corrected chi connectivity index (χ4v) is 1.84. The Kier molecular flexibility index (Phi) is 4.39. The average molecular weight is 232 g/mol. The number of ether oxygens (including phenoxy) is 1. The third-order valence-corrected chi connectivity index (χ3v) is 3.18. The number of hydrogen-bond acceptors (Lipinski definition) is 3. The van der Waals surface area contributed by atoms with E-state index in [2.05, 4.69) is 25.2 Å². The van der Waals surface area contributed by atoms with Crippen LogP contribution in [0.3, 0.4) is 0 Å². The molecule has 0 aliphatic rings. The Labute approximate surface area is 103 Å². The van der Waals surface area contributed by atoms with E-state index in [0.717, 1.165) is 17.9 Å². The van der Waals surface area contributed by atoms with Gasteiger partial charge in [0.1, 0.15) is 11.3 Å². The van der Waals surface area contributed by atoms with Crippen molar-refractivity contribution in [1.82, 2.24) is 0 Å². The summed E-state index contributed by atoms with van der Waals surface area (Å²) in [5.74, 6) is 1.03. The maximum absolute atomic E-state index is 9.39. The van der Waals surface area contributed by atoms with Crippen molar-refractivity contribution in [1.29, 1.82) is 5.26 Å². The van der Waals surface area contributed by atoms with Gasteiger partial charge in [-0.1, -0.05) is 26.8 Å². The minimum absolute atomic E-state index is 0.240. The lowest BCUT2D eigenvalue weighted by atomic mass is 9.85. The molecule has 0 spiro atoms. The Bertz CT molecular complexity index is 409. The number of hydrogen-bond donors (Lipinski definition) is 1. The van der Waals surface area contributed by atoms with Gasteiger partial charge in [-0.05, 0) is 24.5 Å². The first kappa shape index (κ1) is 13.4. The van der Waals surface area contributed by atoms with Crippen LogP contribution in [-0.4, -0.2) is 12.6 Å². The van der Waals surface area contributed by atoms with Gasteiger partial charge in [0.2, 0.25) is 0 Å². The van der Waals surface area contributed by atoms with E-state index in [1.807, 2.05) is 31.2 Å². The van der Waals surface area contributed by atoms with Crippen LogP contribution in [0.15, 0.2) is 24.3 Å². The Hall–Kier alpha value is -1.69. The lowest BCUT2D eigenvalue weighted by Gasteiger charge is -2.31. The van der Waals surface area contributed by atoms with Crippen molar-refractivity contribution < 1.29 is 4.74 Å². The van der Waals surface area contributed by atoms with Crippen molar-refractivity contribution in [2.75, 3.05) is 12.4 Å². The van der Waals surface area contributed by atoms with Crippen LogP contribution in [0.4, 0.5) is 5.69 Å². The molecule has 1 rings (SSSR count). The van der Waals surface area contributed by atoms with Gasteiger partial charge in [0.25, 0.3) is 0 Å². The van der Waals surface area contributed by atoms with Crippen LogP contribution in [0.5, 0.6) is 5.75 Å². The van der Waals surface area contributed by atoms with Crippen LogP contribution >= 0.6 is 0 Å². The Morgan fingerprint density at radius 1 is 1.47 bits per heavy atom. The second-order valence-corrected chi connectivity index (χ2v) is 4.45. The molecule has 17 heavy (non-hydrogen) atoms. The maximum atomic E-state index is 9.39. The fraction of sp³-hybridized carbons (Fsp3) is 0.500. The number of nitrogens with zero attached hydrogens (tertiary/aromatic N) is 1. The molecular weight excluding hydrogens is 212 g/mol. The topological polar surface area (TPSA) is 45.0 Å². The number of benzene rings is 1.